The van der Waals surface area contributed by atoms with E-state index < -0.39 is 56.3 Å². The molecule has 5 unspecified atom stereocenters. The molecule has 2 aliphatic carbocycles. The van der Waals surface area contributed by atoms with Crippen molar-refractivity contribution in [2.75, 3.05) is 20.3 Å². The first-order valence-corrected chi connectivity index (χ1v) is 21.2. The lowest BCUT2D eigenvalue weighted by Gasteiger charge is -2.28. The standard InChI is InChI=1S/C38H46ClN5O8S2/c1-21(2)27-20-53-34(41-27)26-17-30(25-11-12-29(50-5)31(39)32(25)40-26)52-24-16-28-33(45)42-38(36(47)43-54(48,49)37(4)13-14-37)18-23(38)10-8-6-7-9-15-51-22(3)35(46)44(28)19-24/h8,10-12,17,20-24,28H,6-7,9,13-16,18-19H2,1-5H3,(H,42,45)(H,43,47). The normalized spacial score (nSPS) is 27.1. The fourth-order valence-corrected chi connectivity index (χ4v) is 9.59. The first-order chi connectivity index (χ1) is 25.7. The second kappa shape index (κ2) is 14.7. The second-order valence-electron chi connectivity index (χ2n) is 15.3. The van der Waals surface area contributed by atoms with Gasteiger partial charge in [0.2, 0.25) is 15.9 Å². The summed E-state index contributed by atoms with van der Waals surface area (Å²) in [5.74, 6) is -1.05. The maximum absolute atomic E-state index is 14.3. The van der Waals surface area contributed by atoms with Crippen LogP contribution in [0, 0.1) is 5.92 Å². The molecule has 5 atom stereocenters. The number of hydrogen-bond donors (Lipinski definition) is 2. The van der Waals surface area contributed by atoms with Gasteiger partial charge in [0.1, 0.15) is 51.0 Å². The van der Waals surface area contributed by atoms with Crippen molar-refractivity contribution in [3.8, 4) is 22.2 Å². The van der Waals surface area contributed by atoms with E-state index in [1.807, 2.05) is 17.5 Å². The van der Waals surface area contributed by atoms with Gasteiger partial charge < -0.3 is 24.4 Å². The Hall–Kier alpha value is -3.79. The summed E-state index contributed by atoms with van der Waals surface area (Å²) in [4.78, 5) is 53.2. The molecule has 3 aromatic rings. The highest BCUT2D eigenvalue weighted by molar-refractivity contribution is 7.91. The Balaban J connectivity index is 1.21. The minimum Gasteiger partial charge on any atom is -0.495 e. The Morgan fingerprint density at radius 1 is 1.19 bits per heavy atom. The maximum atomic E-state index is 14.3. The molecule has 3 amide bonds. The van der Waals surface area contributed by atoms with Crippen LogP contribution in [0.15, 0.2) is 35.7 Å². The summed E-state index contributed by atoms with van der Waals surface area (Å²) in [6, 6.07) is 4.28. The summed E-state index contributed by atoms with van der Waals surface area (Å²) in [5.41, 5.74) is 0.445. The molecular formula is C38H46ClN5O8S2. The molecule has 0 radical (unpaired) electrons. The van der Waals surface area contributed by atoms with Gasteiger partial charge in [0.15, 0.2) is 0 Å². The highest BCUT2D eigenvalue weighted by Gasteiger charge is 2.63. The minimum absolute atomic E-state index is 0.0532. The zero-order chi connectivity index (χ0) is 38.6. The number of carbonyl (C=O) groups excluding carboxylic acids is 3. The number of aromatic nitrogens is 2. The zero-order valence-corrected chi connectivity index (χ0v) is 33.4. The van der Waals surface area contributed by atoms with E-state index in [1.54, 1.807) is 32.0 Å². The summed E-state index contributed by atoms with van der Waals surface area (Å²) < 4.78 is 45.6. The Morgan fingerprint density at radius 2 is 1.96 bits per heavy atom. The van der Waals surface area contributed by atoms with Gasteiger partial charge in [0, 0.05) is 35.8 Å². The molecule has 3 fully saturated rings. The first kappa shape index (κ1) is 38.5. The van der Waals surface area contributed by atoms with Crippen LogP contribution in [0.3, 0.4) is 0 Å². The van der Waals surface area contributed by atoms with Gasteiger partial charge in [0.25, 0.3) is 11.8 Å². The number of benzene rings is 1. The Morgan fingerprint density at radius 3 is 2.67 bits per heavy atom. The van der Waals surface area contributed by atoms with Crippen LogP contribution in [0.25, 0.3) is 21.6 Å². The van der Waals surface area contributed by atoms with Crippen molar-refractivity contribution in [2.24, 2.45) is 5.92 Å². The van der Waals surface area contributed by atoms with Crippen LogP contribution < -0.4 is 19.5 Å². The summed E-state index contributed by atoms with van der Waals surface area (Å²) >= 11 is 8.25. The SMILES string of the molecule is COc1ccc2c(OC3CC4C(=O)NC5(C(=O)NS(=O)(=O)C6(C)CC6)CC5C=CCCCCOC(C)C(=O)N4C3)cc(-c3nc(C(C)C)cs3)nc2c1Cl. The molecule has 0 spiro atoms. The molecule has 4 heterocycles. The van der Waals surface area contributed by atoms with Crippen molar-refractivity contribution < 1.29 is 37.0 Å². The van der Waals surface area contributed by atoms with Gasteiger partial charge in [-0.25, -0.2) is 18.4 Å². The van der Waals surface area contributed by atoms with Crippen LogP contribution in [0.2, 0.25) is 5.02 Å². The van der Waals surface area contributed by atoms with Gasteiger partial charge in [0.05, 0.1) is 29.6 Å². The van der Waals surface area contributed by atoms with E-state index in [-0.39, 0.29) is 31.2 Å². The number of hydrogen-bond acceptors (Lipinski definition) is 11. The largest absolute Gasteiger partial charge is 0.495 e. The highest BCUT2D eigenvalue weighted by atomic mass is 35.5. The van der Waals surface area contributed by atoms with E-state index in [9.17, 15) is 22.8 Å². The molecule has 290 valence electrons. The van der Waals surface area contributed by atoms with Crippen LogP contribution in [0.1, 0.15) is 84.3 Å². The summed E-state index contributed by atoms with van der Waals surface area (Å²) in [6.45, 7) is 7.81. The lowest BCUT2D eigenvalue weighted by molar-refractivity contribution is -0.147. The Kier molecular flexibility index (Phi) is 10.5. The number of nitrogens with zero attached hydrogens (tertiary/aromatic N) is 3. The fourth-order valence-electron chi connectivity index (χ4n) is 7.05. The van der Waals surface area contributed by atoms with E-state index in [4.69, 9.17) is 35.8 Å². The van der Waals surface area contributed by atoms with E-state index in [0.29, 0.717) is 70.4 Å². The third kappa shape index (κ3) is 7.31. The van der Waals surface area contributed by atoms with Crippen LogP contribution in [-0.4, -0.2) is 89.8 Å². The number of amides is 3. The molecule has 1 saturated heterocycles. The number of methoxy groups -OCH3 is 1. The molecule has 2 aliphatic heterocycles. The highest BCUT2D eigenvalue weighted by Crippen LogP contribution is 2.48. The summed E-state index contributed by atoms with van der Waals surface area (Å²) in [5, 5.41) is 6.49. The second-order valence-corrected chi connectivity index (χ2v) is 18.7. The molecule has 4 aliphatic rings. The number of thiazole rings is 1. The smallest absolute Gasteiger partial charge is 0.259 e. The molecule has 54 heavy (non-hydrogen) atoms. The van der Waals surface area contributed by atoms with E-state index in [0.717, 1.165) is 12.1 Å². The van der Waals surface area contributed by atoms with Gasteiger partial charge in [-0.05, 0) is 70.4 Å². The van der Waals surface area contributed by atoms with Crippen LogP contribution in [0.5, 0.6) is 11.5 Å². The summed E-state index contributed by atoms with van der Waals surface area (Å²) in [7, 11) is -2.44. The Bertz CT molecular complexity index is 2120. The third-order valence-electron chi connectivity index (χ3n) is 11.0. The number of sulfonamides is 1. The van der Waals surface area contributed by atoms with E-state index in [1.165, 1.54) is 23.3 Å². The molecule has 0 bridgehead atoms. The molecule has 2 saturated carbocycles. The van der Waals surface area contributed by atoms with Crippen molar-refractivity contribution in [3.63, 3.8) is 0 Å². The number of fused-ring (bicyclic) bond motifs is 3. The minimum atomic E-state index is -3.96. The Labute approximate surface area is 324 Å². The van der Waals surface area contributed by atoms with Gasteiger partial charge in [-0.1, -0.05) is 37.6 Å². The van der Waals surface area contributed by atoms with Crippen molar-refractivity contribution in [1.29, 1.82) is 0 Å². The molecular weight excluding hydrogens is 754 g/mol. The van der Waals surface area contributed by atoms with Crippen LogP contribution >= 0.6 is 22.9 Å². The van der Waals surface area contributed by atoms with Crippen molar-refractivity contribution in [2.45, 2.75) is 107 Å². The van der Waals surface area contributed by atoms with Crippen LogP contribution in [0.4, 0.5) is 0 Å². The fraction of sp³-hybridized carbons (Fsp3) is 0.553. The zero-order valence-electron chi connectivity index (χ0n) is 31.0. The number of nitrogens with one attached hydrogen (secondary N) is 2. The van der Waals surface area contributed by atoms with E-state index >= 15 is 0 Å². The lowest BCUT2D eigenvalue weighted by atomic mass is 10.1. The van der Waals surface area contributed by atoms with Gasteiger partial charge in [-0.15, -0.1) is 11.3 Å². The molecule has 2 N–H and O–H groups in total. The van der Waals surface area contributed by atoms with Crippen molar-refractivity contribution >= 4 is 61.6 Å². The van der Waals surface area contributed by atoms with Gasteiger partial charge in [-0.2, -0.15) is 0 Å². The number of rotatable bonds is 8. The monoisotopic (exact) mass is 799 g/mol. The number of allylic oxidation sites excluding steroid dienone is 1. The number of halogens is 1. The topological polar surface area (TPSA) is 166 Å². The number of carbonyl (C=O) groups is 3. The third-order valence-corrected chi connectivity index (χ3v) is 14.4. The predicted octanol–water partition coefficient (Wildman–Crippen LogP) is 5.51. The average molecular weight is 800 g/mol. The van der Waals surface area contributed by atoms with Gasteiger partial charge >= 0.3 is 0 Å². The number of ether oxygens (including phenoxy) is 3. The number of pyridine rings is 1. The maximum Gasteiger partial charge on any atom is 0.259 e. The first-order valence-electron chi connectivity index (χ1n) is 18.4. The average Bonchev–Trinajstić information content (AvgIpc) is 3.90. The lowest BCUT2D eigenvalue weighted by Crippen LogP contribution is -2.57. The molecule has 16 heteroatoms. The summed E-state index contributed by atoms with van der Waals surface area (Å²) in [6.07, 6.45) is 5.78. The van der Waals surface area contributed by atoms with Gasteiger partial charge in [-0.3, -0.25) is 19.1 Å². The molecule has 13 nitrogen and oxygen atoms in total. The predicted molar refractivity (Wildman–Crippen MR) is 205 cm³/mol. The molecule has 2 aromatic heterocycles. The van der Waals surface area contributed by atoms with E-state index in [2.05, 4.69) is 23.9 Å². The molecule has 7 rings (SSSR count). The quantitative estimate of drug-likeness (QED) is 0.278. The van der Waals surface area contributed by atoms with Crippen molar-refractivity contribution in [1.82, 2.24) is 24.9 Å². The molecule has 1 aromatic carbocycles. The van der Waals surface area contributed by atoms with Crippen molar-refractivity contribution in [3.05, 3.63) is 46.4 Å². The van der Waals surface area contributed by atoms with Crippen LogP contribution in [-0.2, 0) is 29.1 Å².